The molecule has 0 unspecified atom stereocenters. The first-order chi connectivity index (χ1) is 9.70. The number of hydrogen-bond donors (Lipinski definition) is 1. The summed E-state index contributed by atoms with van der Waals surface area (Å²) in [4.78, 5) is 16.3. The molecule has 0 radical (unpaired) electrons. The summed E-state index contributed by atoms with van der Waals surface area (Å²) in [7, 11) is 1.91. The van der Waals surface area contributed by atoms with Crippen molar-refractivity contribution in [2.24, 2.45) is 0 Å². The van der Waals surface area contributed by atoms with Gasteiger partial charge in [0.05, 0.1) is 0 Å². The van der Waals surface area contributed by atoms with E-state index in [4.69, 9.17) is 11.6 Å². The number of benzene rings is 1. The molecule has 1 aliphatic rings. The Bertz CT molecular complexity index is 427. The smallest absolute Gasteiger partial charge is 0.222 e. The van der Waals surface area contributed by atoms with Crippen LogP contribution in [-0.4, -0.2) is 50.6 Å². The predicted molar refractivity (Wildman–Crippen MR) is 83.4 cm³/mol. The average Bonchev–Trinajstić information content (AvgIpc) is 2.48. The summed E-state index contributed by atoms with van der Waals surface area (Å²) in [5.41, 5.74) is 1.18. The summed E-state index contributed by atoms with van der Waals surface area (Å²) in [6.45, 7) is 4.29. The normalized spacial score (nSPS) is 15.5. The number of nitrogens with one attached hydrogen (secondary N) is 1. The van der Waals surface area contributed by atoms with Crippen molar-refractivity contribution in [1.82, 2.24) is 10.2 Å². The first-order valence-corrected chi connectivity index (χ1v) is 7.51. The summed E-state index contributed by atoms with van der Waals surface area (Å²) in [5.74, 6) is 0.274. The van der Waals surface area contributed by atoms with Crippen LogP contribution in [0, 0.1) is 0 Å². The lowest BCUT2D eigenvalue weighted by Gasteiger charge is -2.36. The van der Waals surface area contributed by atoms with Crippen molar-refractivity contribution in [3.05, 3.63) is 29.3 Å². The minimum Gasteiger partial charge on any atom is -0.368 e. The largest absolute Gasteiger partial charge is 0.368 e. The van der Waals surface area contributed by atoms with Crippen molar-refractivity contribution in [3.8, 4) is 0 Å². The first kappa shape index (κ1) is 15.1. The zero-order chi connectivity index (χ0) is 14.4. The molecule has 2 rings (SSSR count). The van der Waals surface area contributed by atoms with Gasteiger partial charge in [-0.05, 0) is 44.3 Å². The highest BCUT2D eigenvalue weighted by atomic mass is 35.5. The fourth-order valence-corrected chi connectivity index (χ4v) is 2.57. The second-order valence-corrected chi connectivity index (χ2v) is 5.49. The molecule has 110 valence electrons. The second kappa shape index (κ2) is 7.50. The van der Waals surface area contributed by atoms with E-state index in [0.717, 1.165) is 44.2 Å². The maximum Gasteiger partial charge on any atom is 0.222 e. The van der Waals surface area contributed by atoms with E-state index >= 15 is 0 Å². The Kier molecular flexibility index (Phi) is 5.68. The van der Waals surface area contributed by atoms with Crippen molar-refractivity contribution in [3.63, 3.8) is 0 Å². The van der Waals surface area contributed by atoms with E-state index in [1.54, 1.807) is 0 Å². The fraction of sp³-hybridized carbons (Fsp3) is 0.533. The molecule has 1 N–H and O–H groups in total. The van der Waals surface area contributed by atoms with Crippen LogP contribution in [0.3, 0.4) is 0 Å². The molecule has 20 heavy (non-hydrogen) atoms. The van der Waals surface area contributed by atoms with Crippen LogP contribution >= 0.6 is 11.6 Å². The number of piperazine rings is 1. The predicted octanol–water partition coefficient (Wildman–Crippen LogP) is 1.99. The number of nitrogens with zero attached hydrogens (tertiary/aromatic N) is 2. The minimum atomic E-state index is 0.274. The zero-order valence-electron chi connectivity index (χ0n) is 11.9. The Balaban J connectivity index is 1.80. The second-order valence-electron chi connectivity index (χ2n) is 5.05. The van der Waals surface area contributed by atoms with Crippen LogP contribution in [0.4, 0.5) is 5.69 Å². The van der Waals surface area contributed by atoms with Crippen molar-refractivity contribution in [2.75, 3.05) is 44.7 Å². The van der Waals surface area contributed by atoms with Gasteiger partial charge in [-0.1, -0.05) is 11.6 Å². The summed E-state index contributed by atoms with van der Waals surface area (Å²) in [5, 5.41) is 3.83. The Hall–Kier alpha value is -1.26. The van der Waals surface area contributed by atoms with E-state index in [0.29, 0.717) is 6.42 Å². The molecule has 0 bridgehead atoms. The van der Waals surface area contributed by atoms with Gasteiger partial charge in [-0.15, -0.1) is 0 Å². The Morgan fingerprint density at radius 2 is 1.85 bits per heavy atom. The zero-order valence-corrected chi connectivity index (χ0v) is 12.7. The number of carbonyl (C=O) groups is 1. The van der Waals surface area contributed by atoms with Crippen LogP contribution in [0.1, 0.15) is 12.8 Å². The molecular formula is C15H22ClN3O. The molecule has 0 aromatic heterocycles. The molecular weight excluding hydrogens is 274 g/mol. The van der Waals surface area contributed by atoms with Crippen molar-refractivity contribution in [1.29, 1.82) is 0 Å². The molecule has 1 fully saturated rings. The maximum atomic E-state index is 12.0. The molecule has 1 aliphatic heterocycles. The first-order valence-electron chi connectivity index (χ1n) is 7.13. The topological polar surface area (TPSA) is 35.6 Å². The van der Waals surface area contributed by atoms with Gasteiger partial charge in [-0.3, -0.25) is 4.79 Å². The Labute approximate surface area is 125 Å². The number of halogens is 1. The van der Waals surface area contributed by atoms with Crippen LogP contribution in [0.15, 0.2) is 24.3 Å². The van der Waals surface area contributed by atoms with Gasteiger partial charge in [0.2, 0.25) is 5.91 Å². The molecule has 5 heteroatoms. The van der Waals surface area contributed by atoms with Gasteiger partial charge in [0, 0.05) is 43.3 Å². The van der Waals surface area contributed by atoms with E-state index in [2.05, 4.69) is 10.2 Å². The molecule has 1 amide bonds. The lowest BCUT2D eigenvalue weighted by molar-refractivity contribution is -0.131. The molecule has 0 aliphatic carbocycles. The highest BCUT2D eigenvalue weighted by Crippen LogP contribution is 2.19. The highest BCUT2D eigenvalue weighted by molar-refractivity contribution is 6.30. The van der Waals surface area contributed by atoms with E-state index in [-0.39, 0.29) is 5.91 Å². The number of carbonyl (C=O) groups excluding carboxylic acids is 1. The third kappa shape index (κ3) is 4.12. The monoisotopic (exact) mass is 295 g/mol. The molecule has 1 saturated heterocycles. The van der Waals surface area contributed by atoms with E-state index in [1.807, 2.05) is 36.2 Å². The minimum absolute atomic E-state index is 0.274. The van der Waals surface area contributed by atoms with Crippen LogP contribution in [0.2, 0.25) is 5.02 Å². The van der Waals surface area contributed by atoms with Gasteiger partial charge < -0.3 is 15.1 Å². The van der Waals surface area contributed by atoms with Gasteiger partial charge in [-0.2, -0.15) is 0 Å². The average molecular weight is 296 g/mol. The van der Waals surface area contributed by atoms with Gasteiger partial charge in [0.1, 0.15) is 0 Å². The number of anilines is 1. The lowest BCUT2D eigenvalue weighted by Crippen LogP contribution is -2.48. The summed E-state index contributed by atoms with van der Waals surface area (Å²) < 4.78 is 0. The van der Waals surface area contributed by atoms with Gasteiger partial charge in [-0.25, -0.2) is 0 Å². The third-order valence-electron chi connectivity index (χ3n) is 3.64. The fourth-order valence-electron chi connectivity index (χ4n) is 2.44. The quantitative estimate of drug-likeness (QED) is 0.844. The van der Waals surface area contributed by atoms with Crippen LogP contribution in [0.25, 0.3) is 0 Å². The van der Waals surface area contributed by atoms with E-state index < -0.39 is 0 Å². The van der Waals surface area contributed by atoms with Gasteiger partial charge in [0.25, 0.3) is 0 Å². The van der Waals surface area contributed by atoms with E-state index in [9.17, 15) is 4.79 Å². The number of hydrogen-bond acceptors (Lipinski definition) is 3. The van der Waals surface area contributed by atoms with Crippen molar-refractivity contribution >= 4 is 23.2 Å². The summed E-state index contributed by atoms with van der Waals surface area (Å²) in [6.07, 6.45) is 1.55. The molecule has 0 spiro atoms. The lowest BCUT2D eigenvalue weighted by atomic mass is 10.2. The molecule has 1 aromatic rings. The molecule has 0 saturated carbocycles. The standard InChI is InChI=1S/C15H22ClN3O/c1-17-8-2-3-15(20)19-11-9-18(10-12-19)14-6-4-13(16)5-7-14/h4-7,17H,2-3,8-12H2,1H3. The van der Waals surface area contributed by atoms with Crippen LogP contribution in [0.5, 0.6) is 0 Å². The molecule has 1 heterocycles. The Morgan fingerprint density at radius 3 is 2.45 bits per heavy atom. The SMILES string of the molecule is CNCCCC(=O)N1CCN(c2ccc(Cl)cc2)CC1. The maximum absolute atomic E-state index is 12.0. The molecule has 1 aromatic carbocycles. The summed E-state index contributed by atoms with van der Waals surface area (Å²) in [6, 6.07) is 7.89. The van der Waals surface area contributed by atoms with E-state index in [1.165, 1.54) is 5.69 Å². The van der Waals surface area contributed by atoms with Gasteiger partial charge >= 0.3 is 0 Å². The van der Waals surface area contributed by atoms with Crippen LogP contribution in [-0.2, 0) is 4.79 Å². The number of amides is 1. The van der Waals surface area contributed by atoms with Crippen LogP contribution < -0.4 is 10.2 Å². The van der Waals surface area contributed by atoms with Crippen molar-refractivity contribution < 1.29 is 4.79 Å². The van der Waals surface area contributed by atoms with Gasteiger partial charge in [0.15, 0.2) is 0 Å². The van der Waals surface area contributed by atoms with Crippen molar-refractivity contribution in [2.45, 2.75) is 12.8 Å². The number of rotatable bonds is 5. The molecule has 4 nitrogen and oxygen atoms in total. The third-order valence-corrected chi connectivity index (χ3v) is 3.89. The Morgan fingerprint density at radius 1 is 1.20 bits per heavy atom. The highest BCUT2D eigenvalue weighted by Gasteiger charge is 2.20. The summed E-state index contributed by atoms with van der Waals surface area (Å²) >= 11 is 5.90. The molecule has 0 atom stereocenters.